The van der Waals surface area contributed by atoms with E-state index >= 15 is 0 Å². The molecule has 1 heterocycles. The van der Waals surface area contributed by atoms with Gasteiger partial charge in [-0.2, -0.15) is 0 Å². The molecule has 0 spiro atoms. The van der Waals surface area contributed by atoms with Crippen molar-refractivity contribution in [3.63, 3.8) is 0 Å². The Morgan fingerprint density at radius 2 is 1.95 bits per heavy atom. The fourth-order valence-electron chi connectivity index (χ4n) is 2.20. The first kappa shape index (κ1) is 14.5. The zero-order valence-corrected chi connectivity index (χ0v) is 12.5. The van der Waals surface area contributed by atoms with Crippen molar-refractivity contribution in [1.29, 1.82) is 0 Å². The molecule has 0 fully saturated rings. The molecule has 1 unspecified atom stereocenters. The summed E-state index contributed by atoms with van der Waals surface area (Å²) >= 11 is 0. The van der Waals surface area contributed by atoms with Crippen LogP contribution in [0.2, 0.25) is 0 Å². The molecule has 1 N–H and O–H groups in total. The monoisotopic (exact) mass is 271 g/mol. The Hall–Kier alpha value is -1.94. The van der Waals surface area contributed by atoms with Gasteiger partial charge in [0, 0.05) is 18.3 Å². The lowest BCUT2D eigenvalue weighted by molar-refractivity contribution is 0.485. The van der Waals surface area contributed by atoms with Crippen molar-refractivity contribution >= 4 is 0 Å². The van der Waals surface area contributed by atoms with Crippen LogP contribution in [0.15, 0.2) is 35.4 Å². The van der Waals surface area contributed by atoms with Crippen LogP contribution in [0, 0.1) is 20.8 Å². The minimum atomic E-state index is -0.0124. The summed E-state index contributed by atoms with van der Waals surface area (Å²) in [6, 6.07) is 8.05. The number of nitrogens with zero attached hydrogens (tertiary/aromatic N) is 2. The van der Waals surface area contributed by atoms with Gasteiger partial charge in [-0.15, -0.1) is 0 Å². The lowest BCUT2D eigenvalue weighted by atomic mass is 10.0. The summed E-state index contributed by atoms with van der Waals surface area (Å²) in [6.45, 7) is 6.60. The molecule has 0 aliphatic heterocycles. The SMILES string of the molecule is CNC(Cn1cnc(C)cc1=O)c1ccc(C)c(C)c1. The Kier molecular flexibility index (Phi) is 4.35. The maximum atomic E-state index is 11.9. The lowest BCUT2D eigenvalue weighted by Crippen LogP contribution is -2.28. The van der Waals surface area contributed by atoms with Crippen LogP contribution in [0.1, 0.15) is 28.4 Å². The van der Waals surface area contributed by atoms with Crippen LogP contribution in [0.5, 0.6) is 0 Å². The zero-order chi connectivity index (χ0) is 14.7. The number of nitrogens with one attached hydrogen (secondary N) is 1. The molecular formula is C16H21N3O. The van der Waals surface area contributed by atoms with Crippen LogP contribution in [-0.4, -0.2) is 16.6 Å². The first-order chi connectivity index (χ1) is 9.51. The van der Waals surface area contributed by atoms with E-state index in [2.05, 4.69) is 42.3 Å². The van der Waals surface area contributed by atoms with Gasteiger partial charge in [0.25, 0.3) is 5.56 Å². The number of aryl methyl sites for hydroxylation is 3. The quantitative estimate of drug-likeness (QED) is 0.926. The van der Waals surface area contributed by atoms with Gasteiger partial charge in [-0.05, 0) is 44.5 Å². The first-order valence-electron chi connectivity index (χ1n) is 6.78. The smallest absolute Gasteiger partial charge is 0.253 e. The van der Waals surface area contributed by atoms with Crippen LogP contribution >= 0.6 is 0 Å². The zero-order valence-electron chi connectivity index (χ0n) is 12.5. The lowest BCUT2D eigenvalue weighted by Gasteiger charge is -2.19. The number of hydrogen-bond donors (Lipinski definition) is 1. The van der Waals surface area contributed by atoms with Gasteiger partial charge >= 0.3 is 0 Å². The van der Waals surface area contributed by atoms with Gasteiger partial charge in [-0.25, -0.2) is 4.98 Å². The summed E-state index contributed by atoms with van der Waals surface area (Å²) in [5.41, 5.74) is 4.46. The second-order valence-corrected chi connectivity index (χ2v) is 5.21. The van der Waals surface area contributed by atoms with Gasteiger partial charge in [0.1, 0.15) is 0 Å². The fraction of sp³-hybridized carbons (Fsp3) is 0.375. The Morgan fingerprint density at radius 3 is 2.55 bits per heavy atom. The van der Waals surface area contributed by atoms with Crippen LogP contribution in [-0.2, 0) is 6.54 Å². The molecule has 2 aromatic rings. The van der Waals surface area contributed by atoms with E-state index in [0.717, 1.165) is 5.69 Å². The van der Waals surface area contributed by atoms with E-state index in [1.54, 1.807) is 17.0 Å². The molecule has 20 heavy (non-hydrogen) atoms. The molecule has 0 aliphatic rings. The molecular weight excluding hydrogens is 250 g/mol. The highest BCUT2D eigenvalue weighted by Gasteiger charge is 2.11. The van der Waals surface area contributed by atoms with E-state index in [1.165, 1.54) is 16.7 Å². The molecule has 106 valence electrons. The normalized spacial score (nSPS) is 12.4. The highest BCUT2D eigenvalue weighted by molar-refractivity contribution is 5.31. The highest BCUT2D eigenvalue weighted by Crippen LogP contribution is 2.18. The van der Waals surface area contributed by atoms with E-state index in [-0.39, 0.29) is 11.6 Å². The summed E-state index contributed by atoms with van der Waals surface area (Å²) in [7, 11) is 1.91. The highest BCUT2D eigenvalue weighted by atomic mass is 16.1. The molecule has 1 atom stereocenters. The van der Waals surface area contributed by atoms with Gasteiger partial charge in [-0.1, -0.05) is 18.2 Å². The van der Waals surface area contributed by atoms with Crippen molar-refractivity contribution in [1.82, 2.24) is 14.9 Å². The summed E-state index contributed by atoms with van der Waals surface area (Å²) in [4.78, 5) is 16.1. The number of likely N-dealkylation sites (N-methyl/N-ethyl adjacent to an activating group) is 1. The maximum absolute atomic E-state index is 11.9. The summed E-state index contributed by atoms with van der Waals surface area (Å²) in [6.07, 6.45) is 1.61. The van der Waals surface area contributed by atoms with Gasteiger partial charge in [0.15, 0.2) is 0 Å². The van der Waals surface area contributed by atoms with Gasteiger partial charge in [0.05, 0.1) is 12.4 Å². The third-order valence-corrected chi connectivity index (χ3v) is 3.68. The number of benzene rings is 1. The predicted octanol–water partition coefficient (Wildman–Crippen LogP) is 2.13. The first-order valence-corrected chi connectivity index (χ1v) is 6.78. The molecule has 0 amide bonds. The third-order valence-electron chi connectivity index (χ3n) is 3.68. The van der Waals surface area contributed by atoms with E-state index in [0.29, 0.717) is 6.54 Å². The molecule has 1 aromatic carbocycles. The summed E-state index contributed by atoms with van der Waals surface area (Å²) in [5, 5.41) is 3.27. The van der Waals surface area contributed by atoms with Crippen LogP contribution in [0.3, 0.4) is 0 Å². The topological polar surface area (TPSA) is 46.9 Å². The van der Waals surface area contributed by atoms with Crippen LogP contribution in [0.4, 0.5) is 0 Å². The van der Waals surface area contributed by atoms with E-state index < -0.39 is 0 Å². The molecule has 2 rings (SSSR count). The van der Waals surface area contributed by atoms with Crippen molar-refractivity contribution in [3.05, 3.63) is 63.3 Å². The van der Waals surface area contributed by atoms with E-state index in [4.69, 9.17) is 0 Å². The van der Waals surface area contributed by atoms with Crippen molar-refractivity contribution in [2.24, 2.45) is 0 Å². The minimum absolute atomic E-state index is 0.0124. The average Bonchev–Trinajstić information content (AvgIpc) is 2.41. The summed E-state index contributed by atoms with van der Waals surface area (Å²) < 4.78 is 1.64. The molecule has 0 bridgehead atoms. The molecule has 1 aromatic heterocycles. The third kappa shape index (κ3) is 3.14. The molecule has 4 heteroatoms. The Balaban J connectivity index is 2.28. The molecule has 0 aliphatic carbocycles. The van der Waals surface area contributed by atoms with Gasteiger partial charge in [0.2, 0.25) is 0 Å². The van der Waals surface area contributed by atoms with Crippen molar-refractivity contribution in [3.8, 4) is 0 Å². The van der Waals surface area contributed by atoms with Crippen molar-refractivity contribution < 1.29 is 0 Å². The van der Waals surface area contributed by atoms with Crippen molar-refractivity contribution in [2.45, 2.75) is 33.4 Å². The second-order valence-electron chi connectivity index (χ2n) is 5.21. The largest absolute Gasteiger partial charge is 0.312 e. The molecule has 0 saturated carbocycles. The molecule has 0 saturated heterocycles. The minimum Gasteiger partial charge on any atom is -0.312 e. The molecule has 0 radical (unpaired) electrons. The maximum Gasteiger partial charge on any atom is 0.253 e. The van der Waals surface area contributed by atoms with E-state index in [1.807, 2.05) is 14.0 Å². The number of rotatable bonds is 4. The summed E-state index contributed by atoms with van der Waals surface area (Å²) in [5.74, 6) is 0. The number of aromatic nitrogens is 2. The van der Waals surface area contributed by atoms with E-state index in [9.17, 15) is 4.79 Å². The Bertz CT molecular complexity index is 661. The Labute approximate surface area is 119 Å². The average molecular weight is 271 g/mol. The molecule has 4 nitrogen and oxygen atoms in total. The van der Waals surface area contributed by atoms with Crippen LogP contribution < -0.4 is 10.9 Å². The van der Waals surface area contributed by atoms with Gasteiger partial charge < -0.3 is 5.32 Å². The standard InChI is InChI=1S/C16H21N3O/c1-11-5-6-14(7-12(11)2)15(17-4)9-19-10-18-13(3)8-16(19)20/h5-8,10,15,17H,9H2,1-4H3. The van der Waals surface area contributed by atoms with Crippen LogP contribution in [0.25, 0.3) is 0 Å². The fourth-order valence-corrected chi connectivity index (χ4v) is 2.20. The van der Waals surface area contributed by atoms with Crippen molar-refractivity contribution in [2.75, 3.05) is 7.05 Å². The predicted molar refractivity (Wildman–Crippen MR) is 81.0 cm³/mol. The number of hydrogen-bond acceptors (Lipinski definition) is 3. The Morgan fingerprint density at radius 1 is 1.20 bits per heavy atom. The second kappa shape index (κ2) is 6.01. The van der Waals surface area contributed by atoms with Gasteiger partial charge in [-0.3, -0.25) is 9.36 Å².